The van der Waals surface area contributed by atoms with Gasteiger partial charge >= 0.3 is 7.82 Å². The fourth-order valence-electron chi connectivity index (χ4n) is 2.47. The van der Waals surface area contributed by atoms with Gasteiger partial charge in [0.15, 0.2) is 0 Å². The van der Waals surface area contributed by atoms with Crippen molar-refractivity contribution in [2.45, 2.75) is 85.0 Å². The second-order valence-corrected chi connectivity index (χ2v) is 7.44. The minimum atomic E-state index is -4.35. The van der Waals surface area contributed by atoms with Gasteiger partial charge in [-0.3, -0.25) is 4.52 Å². The Morgan fingerprint density at radius 3 is 1.70 bits per heavy atom. The first-order chi connectivity index (χ1) is 9.33. The predicted octanol–water partition coefficient (Wildman–Crippen LogP) is 5.04. The highest BCUT2D eigenvalue weighted by molar-refractivity contribution is 7.46. The maximum atomic E-state index is 10.9. The lowest BCUT2D eigenvalue weighted by molar-refractivity contribution is 0.0993. The summed E-state index contributed by atoms with van der Waals surface area (Å²) in [6.45, 7) is 6.62. The molecule has 0 aromatic carbocycles. The highest BCUT2D eigenvalue weighted by Gasteiger charge is 2.27. The maximum Gasteiger partial charge on any atom is 0.469 e. The highest BCUT2D eigenvalue weighted by Crippen LogP contribution is 2.41. The fourth-order valence-corrected chi connectivity index (χ4v) is 2.95. The van der Waals surface area contributed by atoms with Gasteiger partial charge in [0.2, 0.25) is 0 Å². The molecule has 0 fully saturated rings. The summed E-state index contributed by atoms with van der Waals surface area (Å²) in [4.78, 5) is 17.8. The molecule has 4 nitrogen and oxygen atoms in total. The van der Waals surface area contributed by atoms with E-state index in [1.807, 2.05) is 0 Å². The first-order valence-corrected chi connectivity index (χ1v) is 9.56. The van der Waals surface area contributed by atoms with Gasteiger partial charge in [-0.2, -0.15) is 0 Å². The quantitative estimate of drug-likeness (QED) is 0.369. The molecule has 0 saturated carbocycles. The molecule has 0 unspecified atom stereocenters. The summed E-state index contributed by atoms with van der Waals surface area (Å²) in [6.07, 6.45) is 11.4. The van der Waals surface area contributed by atoms with Crippen LogP contribution < -0.4 is 0 Å². The van der Waals surface area contributed by atoms with Crippen LogP contribution >= 0.6 is 7.82 Å². The second-order valence-electron chi connectivity index (χ2n) is 6.20. The highest BCUT2D eigenvalue weighted by atomic mass is 31.2. The van der Waals surface area contributed by atoms with Gasteiger partial charge in [0, 0.05) is 0 Å². The average Bonchev–Trinajstić information content (AvgIpc) is 2.37. The molecule has 0 aliphatic rings. The number of phosphoric ester groups is 1. The standard InChI is InChI=1S/C15H33O4P/c1-4-6-8-10-12-15(3,13-11-9-7-5-2)14-19-20(16,17)18/h4-14H2,1-3H3,(H2,16,17,18). The van der Waals surface area contributed by atoms with Crippen molar-refractivity contribution in [3.05, 3.63) is 0 Å². The molecule has 5 heteroatoms. The Kier molecular flexibility index (Phi) is 10.8. The van der Waals surface area contributed by atoms with Gasteiger partial charge in [-0.15, -0.1) is 0 Å². The van der Waals surface area contributed by atoms with Crippen LogP contribution in [0, 0.1) is 5.41 Å². The van der Waals surface area contributed by atoms with Crippen molar-refractivity contribution in [3.63, 3.8) is 0 Å². The van der Waals surface area contributed by atoms with Crippen LogP contribution in [0.15, 0.2) is 0 Å². The molecule has 20 heavy (non-hydrogen) atoms. The topological polar surface area (TPSA) is 66.8 Å². The lowest BCUT2D eigenvalue weighted by Gasteiger charge is -2.29. The maximum absolute atomic E-state index is 10.9. The van der Waals surface area contributed by atoms with Gasteiger partial charge in [-0.25, -0.2) is 4.57 Å². The Bertz CT molecular complexity index is 263. The van der Waals surface area contributed by atoms with Crippen molar-refractivity contribution in [3.8, 4) is 0 Å². The van der Waals surface area contributed by atoms with E-state index >= 15 is 0 Å². The minimum absolute atomic E-state index is 0.109. The lowest BCUT2D eigenvalue weighted by Crippen LogP contribution is -2.23. The van der Waals surface area contributed by atoms with Crippen molar-refractivity contribution in [2.75, 3.05) is 6.61 Å². The van der Waals surface area contributed by atoms with Crippen LogP contribution in [-0.4, -0.2) is 16.4 Å². The van der Waals surface area contributed by atoms with Gasteiger partial charge in [0.25, 0.3) is 0 Å². The molecule has 0 aromatic heterocycles. The molecule has 122 valence electrons. The number of phosphoric acid groups is 1. The summed E-state index contributed by atoms with van der Waals surface area (Å²) in [5.41, 5.74) is -0.109. The van der Waals surface area contributed by atoms with Crippen LogP contribution in [0.2, 0.25) is 0 Å². The third-order valence-electron chi connectivity index (χ3n) is 3.85. The SMILES string of the molecule is CCCCCCC(C)(CCCCCC)COP(=O)(O)O. The van der Waals surface area contributed by atoms with Crippen molar-refractivity contribution in [1.82, 2.24) is 0 Å². The summed E-state index contributed by atoms with van der Waals surface area (Å²) in [5, 5.41) is 0. The Hall–Kier alpha value is 0.110. The molecule has 0 atom stereocenters. The average molecular weight is 308 g/mol. The number of hydrogen-bond acceptors (Lipinski definition) is 2. The van der Waals surface area contributed by atoms with Crippen molar-refractivity contribution < 1.29 is 18.9 Å². The number of hydrogen-bond donors (Lipinski definition) is 2. The largest absolute Gasteiger partial charge is 0.469 e. The van der Waals surface area contributed by atoms with E-state index < -0.39 is 7.82 Å². The van der Waals surface area contributed by atoms with E-state index in [1.54, 1.807) is 0 Å². The monoisotopic (exact) mass is 308 g/mol. The molecule has 0 spiro atoms. The number of rotatable bonds is 13. The van der Waals surface area contributed by atoms with Crippen LogP contribution in [-0.2, 0) is 9.09 Å². The summed E-state index contributed by atoms with van der Waals surface area (Å²) in [5.74, 6) is 0. The minimum Gasteiger partial charge on any atom is -0.303 e. The molecule has 0 amide bonds. The molecule has 0 heterocycles. The first-order valence-electron chi connectivity index (χ1n) is 8.03. The molecular formula is C15H33O4P. The van der Waals surface area contributed by atoms with Gasteiger partial charge < -0.3 is 9.79 Å². The Morgan fingerprint density at radius 2 is 1.35 bits per heavy atom. The molecule has 0 aliphatic carbocycles. The van der Waals surface area contributed by atoms with E-state index in [-0.39, 0.29) is 12.0 Å². The summed E-state index contributed by atoms with van der Waals surface area (Å²) in [6, 6.07) is 0. The van der Waals surface area contributed by atoms with Crippen LogP contribution in [0.3, 0.4) is 0 Å². The third-order valence-corrected chi connectivity index (χ3v) is 4.31. The van der Waals surface area contributed by atoms with E-state index in [1.165, 1.54) is 38.5 Å². The van der Waals surface area contributed by atoms with Crippen molar-refractivity contribution in [2.24, 2.45) is 5.41 Å². The van der Waals surface area contributed by atoms with Gasteiger partial charge in [0.05, 0.1) is 6.61 Å². The van der Waals surface area contributed by atoms with E-state index in [9.17, 15) is 4.57 Å². The van der Waals surface area contributed by atoms with E-state index in [0.29, 0.717) is 0 Å². The normalized spacial score (nSPS) is 12.8. The summed E-state index contributed by atoms with van der Waals surface area (Å²) >= 11 is 0. The molecule has 0 radical (unpaired) electrons. The Morgan fingerprint density at radius 1 is 0.900 bits per heavy atom. The second kappa shape index (κ2) is 10.8. The smallest absolute Gasteiger partial charge is 0.303 e. The summed E-state index contributed by atoms with van der Waals surface area (Å²) in [7, 11) is -4.35. The first kappa shape index (κ1) is 20.1. The van der Waals surface area contributed by atoms with Crippen LogP contribution in [0.5, 0.6) is 0 Å². The van der Waals surface area contributed by atoms with Gasteiger partial charge in [-0.1, -0.05) is 72.1 Å². The van der Waals surface area contributed by atoms with Gasteiger partial charge in [0.1, 0.15) is 0 Å². The third kappa shape index (κ3) is 11.9. The van der Waals surface area contributed by atoms with Crippen molar-refractivity contribution >= 4 is 7.82 Å². The van der Waals surface area contributed by atoms with E-state index in [2.05, 4.69) is 20.8 Å². The zero-order chi connectivity index (χ0) is 15.5. The zero-order valence-electron chi connectivity index (χ0n) is 13.4. The molecule has 0 bridgehead atoms. The fraction of sp³-hybridized carbons (Fsp3) is 1.00. The van der Waals surface area contributed by atoms with Crippen LogP contribution in [0.1, 0.15) is 85.0 Å². The Labute approximate surface area is 124 Å². The van der Waals surface area contributed by atoms with Gasteiger partial charge in [-0.05, 0) is 18.3 Å². The van der Waals surface area contributed by atoms with Crippen LogP contribution in [0.4, 0.5) is 0 Å². The predicted molar refractivity (Wildman–Crippen MR) is 83.6 cm³/mol. The molecule has 2 N–H and O–H groups in total. The molecular weight excluding hydrogens is 275 g/mol. The van der Waals surface area contributed by atoms with E-state index in [4.69, 9.17) is 14.3 Å². The van der Waals surface area contributed by atoms with Crippen LogP contribution in [0.25, 0.3) is 0 Å². The number of unbranched alkanes of at least 4 members (excludes halogenated alkanes) is 6. The summed E-state index contributed by atoms with van der Waals surface area (Å²) < 4.78 is 15.7. The molecule has 0 saturated heterocycles. The zero-order valence-corrected chi connectivity index (χ0v) is 14.3. The Balaban J connectivity index is 4.22. The van der Waals surface area contributed by atoms with E-state index in [0.717, 1.165) is 25.7 Å². The molecule has 0 rings (SSSR count). The molecule has 0 aromatic rings. The lowest BCUT2D eigenvalue weighted by atomic mass is 9.80. The molecule has 0 aliphatic heterocycles. The van der Waals surface area contributed by atoms with Crippen molar-refractivity contribution in [1.29, 1.82) is 0 Å².